The number of hydrogen-bond donors (Lipinski definition) is 3. The molecule has 2 amide bonds. The molecule has 1 aliphatic rings. The van der Waals surface area contributed by atoms with E-state index in [-0.39, 0.29) is 11.4 Å². The maximum atomic E-state index is 11.9. The second kappa shape index (κ2) is 6.05. The highest BCUT2D eigenvalue weighted by Gasteiger charge is 2.31. The highest BCUT2D eigenvalue weighted by Crippen LogP contribution is 2.29. The van der Waals surface area contributed by atoms with E-state index in [0.29, 0.717) is 18.5 Å². The van der Waals surface area contributed by atoms with E-state index >= 15 is 0 Å². The number of carbonyl (C=O) groups excluding carboxylic acids is 2. The topological polar surface area (TPSA) is 98.2 Å². The Morgan fingerprint density at radius 3 is 2.60 bits per heavy atom. The van der Waals surface area contributed by atoms with Gasteiger partial charge in [-0.1, -0.05) is 25.0 Å². The first-order valence-electron chi connectivity index (χ1n) is 6.93. The molecule has 0 aliphatic heterocycles. The van der Waals surface area contributed by atoms with Crippen molar-refractivity contribution in [1.82, 2.24) is 5.32 Å². The Bertz CT molecular complexity index is 508. The van der Waals surface area contributed by atoms with Crippen LogP contribution in [0.3, 0.4) is 0 Å². The monoisotopic (exact) mass is 275 g/mol. The molecule has 1 aromatic carbocycles. The first kappa shape index (κ1) is 14.5. The lowest BCUT2D eigenvalue weighted by atomic mass is 9.94. The molecule has 0 aromatic heterocycles. The molecule has 1 fully saturated rings. The van der Waals surface area contributed by atoms with Crippen LogP contribution >= 0.6 is 0 Å². The second-order valence-corrected chi connectivity index (χ2v) is 5.59. The number of amides is 2. The zero-order valence-electron chi connectivity index (χ0n) is 11.5. The average molecular weight is 275 g/mol. The highest BCUT2D eigenvalue weighted by atomic mass is 16.2. The van der Waals surface area contributed by atoms with Gasteiger partial charge in [-0.3, -0.25) is 9.59 Å². The Labute approximate surface area is 118 Å². The van der Waals surface area contributed by atoms with Gasteiger partial charge >= 0.3 is 0 Å². The fraction of sp³-hybridized carbons (Fsp3) is 0.467. The van der Waals surface area contributed by atoms with Gasteiger partial charge in [-0.15, -0.1) is 0 Å². The van der Waals surface area contributed by atoms with E-state index in [1.54, 1.807) is 18.2 Å². The second-order valence-electron chi connectivity index (χ2n) is 5.59. The van der Waals surface area contributed by atoms with Crippen molar-refractivity contribution in [3.05, 3.63) is 35.4 Å². The highest BCUT2D eigenvalue weighted by molar-refractivity contribution is 5.92. The SMILES string of the molecule is NC(=O)c1cccc(CNC(=O)CC2(N)CCCC2)c1. The molecule has 1 saturated carbocycles. The molecule has 5 nitrogen and oxygen atoms in total. The summed E-state index contributed by atoms with van der Waals surface area (Å²) in [6.45, 7) is 0.385. The lowest BCUT2D eigenvalue weighted by Gasteiger charge is -2.22. The molecule has 0 radical (unpaired) electrons. The lowest BCUT2D eigenvalue weighted by molar-refractivity contribution is -0.122. The van der Waals surface area contributed by atoms with Gasteiger partial charge in [0.1, 0.15) is 0 Å². The number of primary amides is 1. The quantitative estimate of drug-likeness (QED) is 0.749. The molecule has 0 atom stereocenters. The zero-order chi connectivity index (χ0) is 14.6. The molecular formula is C15H21N3O2. The minimum absolute atomic E-state index is 0.0427. The van der Waals surface area contributed by atoms with E-state index in [4.69, 9.17) is 11.5 Å². The number of nitrogens with two attached hydrogens (primary N) is 2. The van der Waals surface area contributed by atoms with Gasteiger partial charge in [0.25, 0.3) is 0 Å². The van der Waals surface area contributed by atoms with Crippen molar-refractivity contribution in [1.29, 1.82) is 0 Å². The van der Waals surface area contributed by atoms with Gasteiger partial charge in [0, 0.05) is 24.1 Å². The largest absolute Gasteiger partial charge is 0.366 e. The number of rotatable bonds is 5. The summed E-state index contributed by atoms with van der Waals surface area (Å²) < 4.78 is 0. The van der Waals surface area contributed by atoms with Crippen LogP contribution in [-0.4, -0.2) is 17.4 Å². The third-order valence-electron chi connectivity index (χ3n) is 3.81. The van der Waals surface area contributed by atoms with E-state index in [1.807, 2.05) is 6.07 Å². The van der Waals surface area contributed by atoms with E-state index in [1.165, 1.54) is 0 Å². The Balaban J connectivity index is 1.87. The zero-order valence-corrected chi connectivity index (χ0v) is 11.5. The molecule has 5 N–H and O–H groups in total. The van der Waals surface area contributed by atoms with Gasteiger partial charge in [0.2, 0.25) is 11.8 Å². The van der Waals surface area contributed by atoms with Crippen molar-refractivity contribution in [2.75, 3.05) is 0 Å². The number of nitrogens with one attached hydrogen (secondary N) is 1. The summed E-state index contributed by atoms with van der Waals surface area (Å²) in [6, 6.07) is 6.95. The van der Waals surface area contributed by atoms with Crippen LogP contribution in [0, 0.1) is 0 Å². The Morgan fingerprint density at radius 1 is 1.25 bits per heavy atom. The van der Waals surface area contributed by atoms with Crippen molar-refractivity contribution in [2.45, 2.75) is 44.2 Å². The summed E-state index contributed by atoms with van der Waals surface area (Å²) in [5.41, 5.74) is 12.4. The van der Waals surface area contributed by atoms with Gasteiger partial charge < -0.3 is 16.8 Å². The number of carbonyl (C=O) groups is 2. The van der Waals surface area contributed by atoms with Crippen molar-refractivity contribution in [3.8, 4) is 0 Å². The summed E-state index contributed by atoms with van der Waals surface area (Å²) in [6.07, 6.45) is 4.40. The molecular weight excluding hydrogens is 254 g/mol. The number of hydrogen-bond acceptors (Lipinski definition) is 3. The van der Waals surface area contributed by atoms with Crippen LogP contribution in [0.2, 0.25) is 0 Å². The maximum Gasteiger partial charge on any atom is 0.248 e. The summed E-state index contributed by atoms with van der Waals surface area (Å²) in [5.74, 6) is -0.510. The van der Waals surface area contributed by atoms with Gasteiger partial charge in [0.05, 0.1) is 0 Å². The van der Waals surface area contributed by atoms with E-state index in [0.717, 1.165) is 31.2 Å². The van der Waals surface area contributed by atoms with Crippen LogP contribution in [0.25, 0.3) is 0 Å². The van der Waals surface area contributed by atoms with Crippen LogP contribution in [0.1, 0.15) is 48.0 Å². The van der Waals surface area contributed by atoms with E-state index in [2.05, 4.69) is 5.32 Å². The third kappa shape index (κ3) is 3.81. The Hall–Kier alpha value is -1.88. The smallest absolute Gasteiger partial charge is 0.248 e. The predicted octanol–water partition coefficient (Wildman–Crippen LogP) is 1.06. The molecule has 1 aliphatic carbocycles. The lowest BCUT2D eigenvalue weighted by Crippen LogP contribution is -2.42. The van der Waals surface area contributed by atoms with Crippen LogP contribution in [0.5, 0.6) is 0 Å². The van der Waals surface area contributed by atoms with Crippen LogP contribution in [-0.2, 0) is 11.3 Å². The average Bonchev–Trinajstić information content (AvgIpc) is 2.83. The summed E-state index contributed by atoms with van der Waals surface area (Å²) >= 11 is 0. The maximum absolute atomic E-state index is 11.9. The molecule has 108 valence electrons. The van der Waals surface area contributed by atoms with E-state index < -0.39 is 5.91 Å². The first-order valence-corrected chi connectivity index (χ1v) is 6.93. The summed E-state index contributed by atoms with van der Waals surface area (Å²) in [4.78, 5) is 23.0. The molecule has 0 heterocycles. The third-order valence-corrected chi connectivity index (χ3v) is 3.81. The standard InChI is InChI=1S/C15H21N3O2/c16-14(20)12-5-3-4-11(8-12)10-18-13(19)9-15(17)6-1-2-7-15/h3-5,8H,1-2,6-7,9-10,17H2,(H2,16,20)(H,18,19). The fourth-order valence-electron chi connectivity index (χ4n) is 2.67. The van der Waals surface area contributed by atoms with Crippen LogP contribution in [0.4, 0.5) is 0 Å². The molecule has 0 saturated heterocycles. The van der Waals surface area contributed by atoms with Gasteiger partial charge in [-0.2, -0.15) is 0 Å². The van der Waals surface area contributed by atoms with Crippen molar-refractivity contribution < 1.29 is 9.59 Å². The van der Waals surface area contributed by atoms with Crippen molar-refractivity contribution in [3.63, 3.8) is 0 Å². The molecule has 5 heteroatoms. The Morgan fingerprint density at radius 2 is 1.95 bits per heavy atom. The van der Waals surface area contributed by atoms with Crippen LogP contribution in [0.15, 0.2) is 24.3 Å². The van der Waals surface area contributed by atoms with Gasteiger partial charge in [-0.25, -0.2) is 0 Å². The van der Waals surface area contributed by atoms with Gasteiger partial charge in [0.15, 0.2) is 0 Å². The van der Waals surface area contributed by atoms with Crippen molar-refractivity contribution in [2.24, 2.45) is 11.5 Å². The molecule has 2 rings (SSSR count). The minimum Gasteiger partial charge on any atom is -0.366 e. The minimum atomic E-state index is -0.468. The van der Waals surface area contributed by atoms with Gasteiger partial charge in [-0.05, 0) is 30.5 Å². The molecule has 0 spiro atoms. The normalized spacial score (nSPS) is 16.9. The predicted molar refractivity (Wildman–Crippen MR) is 76.8 cm³/mol. The molecule has 20 heavy (non-hydrogen) atoms. The number of benzene rings is 1. The van der Waals surface area contributed by atoms with E-state index in [9.17, 15) is 9.59 Å². The fourth-order valence-corrected chi connectivity index (χ4v) is 2.67. The van der Waals surface area contributed by atoms with Crippen LogP contribution < -0.4 is 16.8 Å². The van der Waals surface area contributed by atoms with Crippen molar-refractivity contribution >= 4 is 11.8 Å². The first-order chi connectivity index (χ1) is 9.48. The summed E-state index contributed by atoms with van der Waals surface area (Å²) in [5, 5.41) is 2.85. The molecule has 1 aromatic rings. The summed E-state index contributed by atoms with van der Waals surface area (Å²) in [7, 11) is 0. The molecule has 0 bridgehead atoms. The molecule has 0 unspecified atom stereocenters. The Kier molecular flexibility index (Phi) is 4.39.